The monoisotopic (exact) mass is 240 g/mol. The van der Waals surface area contributed by atoms with Gasteiger partial charge in [-0.3, -0.25) is 0 Å². The van der Waals surface area contributed by atoms with E-state index in [1.807, 2.05) is 19.1 Å². The van der Waals surface area contributed by atoms with Crippen molar-refractivity contribution in [2.24, 2.45) is 0 Å². The summed E-state index contributed by atoms with van der Waals surface area (Å²) in [6, 6.07) is 7.33. The fraction of sp³-hybridized carbons (Fsp3) is 0.455. The van der Waals surface area contributed by atoms with Crippen molar-refractivity contribution in [1.82, 2.24) is 0 Å². The van der Waals surface area contributed by atoms with E-state index in [-0.39, 0.29) is 17.0 Å². The van der Waals surface area contributed by atoms with Crippen LogP contribution in [-0.2, 0) is 9.84 Å². The van der Waals surface area contributed by atoms with Crippen molar-refractivity contribution in [3.8, 4) is 0 Å². The number of rotatable bonds is 2. The molecule has 0 spiro atoms. The van der Waals surface area contributed by atoms with E-state index in [2.05, 4.69) is 5.32 Å². The number of hydrogen-bond acceptors (Lipinski definition) is 4. The van der Waals surface area contributed by atoms with Crippen LogP contribution in [0.1, 0.15) is 13.3 Å². The van der Waals surface area contributed by atoms with Gasteiger partial charge in [-0.2, -0.15) is 0 Å². The van der Waals surface area contributed by atoms with Gasteiger partial charge in [-0.25, -0.2) is 8.42 Å². The van der Waals surface area contributed by atoms with Crippen LogP contribution in [0, 0.1) is 0 Å². The molecular weight excluding hydrogens is 224 g/mol. The van der Waals surface area contributed by atoms with Gasteiger partial charge < -0.3 is 11.1 Å². The lowest BCUT2D eigenvalue weighted by molar-refractivity contribution is 0.574. The maximum absolute atomic E-state index is 11.4. The lowest BCUT2D eigenvalue weighted by Crippen LogP contribution is -2.35. The summed E-state index contributed by atoms with van der Waals surface area (Å²) >= 11 is 0. The molecule has 88 valence electrons. The molecule has 1 unspecified atom stereocenters. The molecule has 1 atom stereocenters. The van der Waals surface area contributed by atoms with Crippen LogP contribution in [0.15, 0.2) is 24.3 Å². The topological polar surface area (TPSA) is 72.2 Å². The van der Waals surface area contributed by atoms with Gasteiger partial charge in [0.15, 0.2) is 9.84 Å². The van der Waals surface area contributed by atoms with Gasteiger partial charge in [0, 0.05) is 16.9 Å². The first-order valence-electron chi connectivity index (χ1n) is 5.23. The van der Waals surface area contributed by atoms with E-state index in [0.29, 0.717) is 12.1 Å². The Kier molecular flexibility index (Phi) is 2.58. The normalized spacial score (nSPS) is 27.8. The van der Waals surface area contributed by atoms with E-state index in [4.69, 9.17) is 5.73 Å². The molecule has 0 bridgehead atoms. The predicted molar refractivity (Wildman–Crippen MR) is 66.2 cm³/mol. The highest BCUT2D eigenvalue weighted by atomic mass is 32.2. The van der Waals surface area contributed by atoms with Gasteiger partial charge in [-0.05, 0) is 37.6 Å². The Hall–Kier alpha value is -1.23. The Morgan fingerprint density at radius 3 is 2.44 bits per heavy atom. The molecule has 1 aromatic rings. The number of nitrogen functional groups attached to an aromatic ring is 1. The summed E-state index contributed by atoms with van der Waals surface area (Å²) in [4.78, 5) is 0. The number of nitrogens with two attached hydrogens (primary N) is 1. The van der Waals surface area contributed by atoms with Crippen LogP contribution in [0.4, 0.5) is 11.4 Å². The summed E-state index contributed by atoms with van der Waals surface area (Å²) in [6.45, 7) is 1.94. The van der Waals surface area contributed by atoms with Gasteiger partial charge in [0.2, 0.25) is 0 Å². The van der Waals surface area contributed by atoms with Crippen LogP contribution in [0.3, 0.4) is 0 Å². The Labute approximate surface area is 95.8 Å². The lowest BCUT2D eigenvalue weighted by atomic mass is 10.0. The molecule has 1 aliphatic rings. The zero-order valence-electron chi connectivity index (χ0n) is 9.23. The van der Waals surface area contributed by atoms with Crippen molar-refractivity contribution >= 4 is 21.2 Å². The van der Waals surface area contributed by atoms with Crippen LogP contribution in [0.2, 0.25) is 0 Å². The Morgan fingerprint density at radius 2 is 1.94 bits per heavy atom. The molecule has 0 amide bonds. The maximum atomic E-state index is 11.4. The van der Waals surface area contributed by atoms with Crippen molar-refractivity contribution in [3.63, 3.8) is 0 Å². The maximum Gasteiger partial charge on any atom is 0.152 e. The number of hydrogen-bond donors (Lipinski definition) is 2. The number of nitrogens with one attached hydrogen (secondary N) is 1. The number of benzene rings is 1. The Morgan fingerprint density at radius 1 is 1.31 bits per heavy atom. The molecule has 0 aromatic heterocycles. The molecule has 16 heavy (non-hydrogen) atoms. The van der Waals surface area contributed by atoms with Gasteiger partial charge in [0.25, 0.3) is 0 Å². The minimum absolute atomic E-state index is 0.199. The van der Waals surface area contributed by atoms with Gasteiger partial charge in [0.05, 0.1) is 11.5 Å². The second-order valence-corrected chi connectivity index (χ2v) is 6.83. The van der Waals surface area contributed by atoms with Crippen molar-refractivity contribution in [2.45, 2.75) is 18.9 Å². The SMILES string of the molecule is CC1(Nc2ccc(N)cc2)CCS(=O)(=O)C1. The fourth-order valence-electron chi connectivity index (χ4n) is 2.02. The smallest absolute Gasteiger partial charge is 0.152 e. The molecule has 0 aliphatic carbocycles. The van der Waals surface area contributed by atoms with Gasteiger partial charge in [-0.1, -0.05) is 0 Å². The standard InChI is InChI=1S/C11H16N2O2S/c1-11(6-7-16(14,15)8-11)13-10-4-2-9(12)3-5-10/h2-5,13H,6-8,12H2,1H3. The third-order valence-electron chi connectivity index (χ3n) is 2.86. The Balaban J connectivity index is 2.13. The summed E-state index contributed by atoms with van der Waals surface area (Å²) < 4.78 is 22.9. The van der Waals surface area contributed by atoms with Gasteiger partial charge in [0.1, 0.15) is 0 Å². The van der Waals surface area contributed by atoms with E-state index < -0.39 is 9.84 Å². The highest BCUT2D eigenvalue weighted by molar-refractivity contribution is 7.91. The molecule has 1 aliphatic heterocycles. The largest absolute Gasteiger partial charge is 0.399 e. The molecule has 2 rings (SSSR count). The van der Waals surface area contributed by atoms with E-state index >= 15 is 0 Å². The first-order valence-corrected chi connectivity index (χ1v) is 7.05. The molecule has 3 N–H and O–H groups in total. The highest BCUT2D eigenvalue weighted by Gasteiger charge is 2.38. The minimum Gasteiger partial charge on any atom is -0.399 e. The molecule has 1 fully saturated rings. The van der Waals surface area contributed by atoms with Gasteiger partial charge >= 0.3 is 0 Å². The zero-order valence-corrected chi connectivity index (χ0v) is 10.0. The van der Waals surface area contributed by atoms with Crippen LogP contribution in [0.25, 0.3) is 0 Å². The lowest BCUT2D eigenvalue weighted by Gasteiger charge is -2.25. The predicted octanol–water partition coefficient (Wildman–Crippen LogP) is 1.26. The third-order valence-corrected chi connectivity index (χ3v) is 4.76. The van der Waals surface area contributed by atoms with Crippen molar-refractivity contribution < 1.29 is 8.42 Å². The van der Waals surface area contributed by atoms with E-state index in [0.717, 1.165) is 5.69 Å². The average Bonchev–Trinajstić information content (AvgIpc) is 2.45. The first kappa shape index (κ1) is 11.3. The summed E-state index contributed by atoms with van der Waals surface area (Å²) in [5, 5.41) is 3.27. The van der Waals surface area contributed by atoms with Crippen LogP contribution in [-0.4, -0.2) is 25.5 Å². The first-order chi connectivity index (χ1) is 7.39. The quantitative estimate of drug-likeness (QED) is 0.763. The summed E-state index contributed by atoms with van der Waals surface area (Å²) in [5.74, 6) is 0.468. The van der Waals surface area contributed by atoms with Crippen molar-refractivity contribution in [3.05, 3.63) is 24.3 Å². The number of sulfone groups is 1. The van der Waals surface area contributed by atoms with Gasteiger partial charge in [-0.15, -0.1) is 0 Å². The van der Waals surface area contributed by atoms with Crippen molar-refractivity contribution in [1.29, 1.82) is 0 Å². The average molecular weight is 240 g/mol. The Bertz CT molecular complexity index is 481. The molecule has 0 saturated carbocycles. The molecule has 1 saturated heterocycles. The van der Waals surface area contributed by atoms with Crippen LogP contribution >= 0.6 is 0 Å². The summed E-state index contributed by atoms with van der Waals surface area (Å²) in [6.07, 6.45) is 0.652. The van der Waals surface area contributed by atoms with Crippen molar-refractivity contribution in [2.75, 3.05) is 22.6 Å². The minimum atomic E-state index is -2.87. The number of anilines is 2. The molecule has 5 heteroatoms. The second kappa shape index (κ2) is 3.66. The van der Waals surface area contributed by atoms with Crippen LogP contribution < -0.4 is 11.1 Å². The molecule has 1 heterocycles. The molecular formula is C11H16N2O2S. The van der Waals surface area contributed by atoms with Crippen LogP contribution in [0.5, 0.6) is 0 Å². The molecule has 1 aromatic carbocycles. The summed E-state index contributed by atoms with van der Waals surface area (Å²) in [5.41, 5.74) is 6.85. The summed E-state index contributed by atoms with van der Waals surface area (Å²) in [7, 11) is -2.87. The zero-order chi connectivity index (χ0) is 11.8. The van der Waals surface area contributed by atoms with E-state index in [9.17, 15) is 8.42 Å². The molecule has 0 radical (unpaired) electrons. The highest BCUT2D eigenvalue weighted by Crippen LogP contribution is 2.27. The molecule has 4 nitrogen and oxygen atoms in total. The van der Waals surface area contributed by atoms with E-state index in [1.54, 1.807) is 12.1 Å². The fourth-order valence-corrected chi connectivity index (χ4v) is 4.12. The third kappa shape index (κ3) is 2.47. The second-order valence-electron chi connectivity index (χ2n) is 4.65. The van der Waals surface area contributed by atoms with E-state index in [1.165, 1.54) is 0 Å².